The van der Waals surface area contributed by atoms with Gasteiger partial charge in [-0.15, -0.1) is 0 Å². The quantitative estimate of drug-likeness (QED) is 0.522. The standard InChI is InChI=1S/C22H22N2O2/c25-22(20-14-8-16-24(26)17-20)23-21(19-12-5-2-6-13-19)15-7-11-18-9-3-1-4-10-18/h1-6,8-10,12-14,16-17,21H,7,11,15H2,(H,23,25)/t21-/m1/s1. The smallest absolute Gasteiger partial charge is 0.257 e. The van der Waals surface area contributed by atoms with Crippen LogP contribution in [-0.2, 0) is 6.42 Å². The summed E-state index contributed by atoms with van der Waals surface area (Å²) in [4.78, 5) is 12.6. The van der Waals surface area contributed by atoms with Crippen molar-refractivity contribution in [2.24, 2.45) is 0 Å². The summed E-state index contributed by atoms with van der Waals surface area (Å²) in [5, 5.41) is 14.5. The van der Waals surface area contributed by atoms with Crippen molar-refractivity contribution >= 4 is 5.91 Å². The Morgan fingerprint density at radius 3 is 2.35 bits per heavy atom. The van der Waals surface area contributed by atoms with Gasteiger partial charge in [-0.05, 0) is 36.5 Å². The molecule has 0 unspecified atom stereocenters. The Kier molecular flexibility index (Phi) is 5.99. The number of carbonyl (C=O) groups is 1. The highest BCUT2D eigenvalue weighted by atomic mass is 16.5. The molecule has 3 rings (SSSR count). The van der Waals surface area contributed by atoms with E-state index in [1.54, 1.807) is 12.1 Å². The van der Waals surface area contributed by atoms with E-state index in [-0.39, 0.29) is 11.9 Å². The molecule has 0 aliphatic rings. The van der Waals surface area contributed by atoms with E-state index in [1.807, 2.05) is 48.5 Å². The SMILES string of the molecule is O=C(N[C@H](CCCc1ccccc1)c1ccccc1)c1ccc[n+]([O-])c1. The molecule has 2 aromatic carbocycles. The molecule has 4 nitrogen and oxygen atoms in total. The van der Waals surface area contributed by atoms with E-state index in [0.717, 1.165) is 24.8 Å². The third kappa shape index (κ3) is 4.93. The fourth-order valence-corrected chi connectivity index (χ4v) is 2.99. The molecule has 3 aromatic rings. The van der Waals surface area contributed by atoms with Gasteiger partial charge in [0.15, 0.2) is 12.4 Å². The molecule has 0 aliphatic heterocycles. The average Bonchev–Trinajstić information content (AvgIpc) is 2.68. The second-order valence-electron chi connectivity index (χ2n) is 6.27. The predicted molar refractivity (Wildman–Crippen MR) is 101 cm³/mol. The number of pyridine rings is 1. The second kappa shape index (κ2) is 8.81. The van der Waals surface area contributed by atoms with Crippen molar-refractivity contribution in [1.82, 2.24) is 5.32 Å². The van der Waals surface area contributed by atoms with Gasteiger partial charge in [-0.3, -0.25) is 4.79 Å². The van der Waals surface area contributed by atoms with Crippen LogP contribution in [-0.4, -0.2) is 5.91 Å². The van der Waals surface area contributed by atoms with Crippen molar-refractivity contribution < 1.29 is 9.52 Å². The summed E-state index contributed by atoms with van der Waals surface area (Å²) in [5.74, 6) is -0.233. The number of aromatic nitrogens is 1. The normalized spacial score (nSPS) is 11.7. The number of hydrogen-bond donors (Lipinski definition) is 1. The molecule has 132 valence electrons. The van der Waals surface area contributed by atoms with Crippen LogP contribution in [0, 0.1) is 5.21 Å². The average molecular weight is 346 g/mol. The van der Waals surface area contributed by atoms with Crippen molar-refractivity contribution in [1.29, 1.82) is 0 Å². The Labute approximate surface area is 153 Å². The maximum atomic E-state index is 12.6. The summed E-state index contributed by atoms with van der Waals surface area (Å²) < 4.78 is 0.641. The minimum Gasteiger partial charge on any atom is -0.619 e. The van der Waals surface area contributed by atoms with E-state index in [1.165, 1.54) is 18.0 Å². The summed E-state index contributed by atoms with van der Waals surface area (Å²) in [6.45, 7) is 0. The summed E-state index contributed by atoms with van der Waals surface area (Å²) in [5.41, 5.74) is 2.73. The Bertz CT molecular complexity index is 835. The van der Waals surface area contributed by atoms with Crippen LogP contribution in [0.4, 0.5) is 0 Å². The van der Waals surface area contributed by atoms with Gasteiger partial charge in [0.2, 0.25) is 0 Å². The number of rotatable bonds is 7. The van der Waals surface area contributed by atoms with Gasteiger partial charge in [0.05, 0.1) is 6.04 Å². The molecule has 1 amide bonds. The van der Waals surface area contributed by atoms with E-state index in [4.69, 9.17) is 0 Å². The molecule has 0 bridgehead atoms. The van der Waals surface area contributed by atoms with Gasteiger partial charge < -0.3 is 10.5 Å². The Balaban J connectivity index is 1.68. The van der Waals surface area contributed by atoms with Crippen LogP contribution >= 0.6 is 0 Å². The zero-order valence-electron chi connectivity index (χ0n) is 14.5. The van der Waals surface area contributed by atoms with Gasteiger partial charge in [0.25, 0.3) is 5.91 Å². The maximum Gasteiger partial charge on any atom is 0.257 e. The lowest BCUT2D eigenvalue weighted by Gasteiger charge is -2.19. The largest absolute Gasteiger partial charge is 0.619 e. The van der Waals surface area contributed by atoms with Crippen LogP contribution in [0.1, 0.15) is 40.4 Å². The zero-order chi connectivity index (χ0) is 18.2. The number of amides is 1. The van der Waals surface area contributed by atoms with Crippen molar-refractivity contribution in [2.75, 3.05) is 0 Å². The summed E-state index contributed by atoms with van der Waals surface area (Å²) in [7, 11) is 0. The van der Waals surface area contributed by atoms with Gasteiger partial charge in [-0.1, -0.05) is 60.7 Å². The lowest BCUT2D eigenvalue weighted by Crippen LogP contribution is -2.32. The van der Waals surface area contributed by atoms with Crippen LogP contribution in [0.15, 0.2) is 85.2 Å². The van der Waals surface area contributed by atoms with Crippen LogP contribution < -0.4 is 10.0 Å². The van der Waals surface area contributed by atoms with Crippen molar-refractivity contribution in [2.45, 2.75) is 25.3 Å². The molecule has 0 saturated heterocycles. The highest BCUT2D eigenvalue weighted by Gasteiger charge is 2.17. The minimum absolute atomic E-state index is 0.0901. The first kappa shape index (κ1) is 17.7. The predicted octanol–water partition coefficient (Wildman–Crippen LogP) is 3.81. The number of aryl methyl sites for hydroxylation is 1. The number of carbonyl (C=O) groups excluding carboxylic acids is 1. The second-order valence-corrected chi connectivity index (χ2v) is 6.27. The molecule has 0 radical (unpaired) electrons. The molecule has 0 saturated carbocycles. The third-order valence-corrected chi connectivity index (χ3v) is 4.35. The lowest BCUT2D eigenvalue weighted by molar-refractivity contribution is -0.605. The topological polar surface area (TPSA) is 56.0 Å². The fourth-order valence-electron chi connectivity index (χ4n) is 2.99. The Hall–Kier alpha value is -3.14. The number of hydrogen-bond acceptors (Lipinski definition) is 2. The van der Waals surface area contributed by atoms with E-state index < -0.39 is 0 Å². The first-order valence-electron chi connectivity index (χ1n) is 8.81. The first-order chi connectivity index (χ1) is 12.7. The van der Waals surface area contributed by atoms with Gasteiger partial charge in [-0.25, -0.2) is 0 Å². The molecule has 26 heavy (non-hydrogen) atoms. The van der Waals surface area contributed by atoms with E-state index in [9.17, 15) is 10.0 Å². The van der Waals surface area contributed by atoms with E-state index in [2.05, 4.69) is 17.4 Å². The molecular formula is C22H22N2O2. The molecule has 4 heteroatoms. The van der Waals surface area contributed by atoms with Crippen molar-refractivity contribution in [3.05, 3.63) is 107 Å². The molecule has 0 fully saturated rings. The monoisotopic (exact) mass is 346 g/mol. The molecule has 0 spiro atoms. The highest BCUT2D eigenvalue weighted by molar-refractivity contribution is 5.93. The first-order valence-corrected chi connectivity index (χ1v) is 8.81. The molecular weight excluding hydrogens is 324 g/mol. The highest BCUT2D eigenvalue weighted by Crippen LogP contribution is 2.20. The van der Waals surface area contributed by atoms with Crippen molar-refractivity contribution in [3.8, 4) is 0 Å². The van der Waals surface area contributed by atoms with Gasteiger partial charge >= 0.3 is 0 Å². The lowest BCUT2D eigenvalue weighted by atomic mass is 9.98. The van der Waals surface area contributed by atoms with Gasteiger partial charge in [0, 0.05) is 6.07 Å². The Morgan fingerprint density at radius 2 is 1.65 bits per heavy atom. The summed E-state index contributed by atoms with van der Waals surface area (Å²) >= 11 is 0. The minimum atomic E-state index is -0.233. The fraction of sp³-hybridized carbons (Fsp3) is 0.182. The third-order valence-electron chi connectivity index (χ3n) is 4.35. The molecule has 1 aromatic heterocycles. The van der Waals surface area contributed by atoms with Crippen molar-refractivity contribution in [3.63, 3.8) is 0 Å². The number of nitrogens with zero attached hydrogens (tertiary/aromatic N) is 1. The van der Waals surface area contributed by atoms with Gasteiger partial charge in [0.1, 0.15) is 5.56 Å². The summed E-state index contributed by atoms with van der Waals surface area (Å²) in [6.07, 6.45) is 5.41. The molecule has 0 aliphatic carbocycles. The summed E-state index contributed by atoms with van der Waals surface area (Å²) in [6, 6.07) is 23.4. The molecule has 1 heterocycles. The maximum absolute atomic E-state index is 12.6. The zero-order valence-corrected chi connectivity index (χ0v) is 14.5. The van der Waals surface area contributed by atoms with Gasteiger partial charge in [-0.2, -0.15) is 4.73 Å². The van der Waals surface area contributed by atoms with E-state index >= 15 is 0 Å². The van der Waals surface area contributed by atoms with Crippen LogP contribution in [0.2, 0.25) is 0 Å². The number of benzene rings is 2. The molecule has 1 atom stereocenters. The van der Waals surface area contributed by atoms with Crippen LogP contribution in [0.5, 0.6) is 0 Å². The van der Waals surface area contributed by atoms with E-state index in [0.29, 0.717) is 10.3 Å². The van der Waals surface area contributed by atoms with Crippen LogP contribution in [0.25, 0.3) is 0 Å². The van der Waals surface area contributed by atoms with Crippen LogP contribution in [0.3, 0.4) is 0 Å². The number of nitrogens with one attached hydrogen (secondary N) is 1. The molecule has 1 N–H and O–H groups in total. The Morgan fingerprint density at radius 1 is 0.962 bits per heavy atom.